The molecular weight excluding hydrogens is 230 g/mol. The predicted octanol–water partition coefficient (Wildman–Crippen LogP) is 4.80. The first kappa shape index (κ1) is 14.6. The van der Waals surface area contributed by atoms with Crippen LogP contribution in [-0.2, 0) is 0 Å². The minimum atomic E-state index is 0.485. The zero-order chi connectivity index (χ0) is 13.8. The summed E-state index contributed by atoms with van der Waals surface area (Å²) in [5, 5.41) is 3.95. The van der Waals surface area contributed by atoms with Crippen LogP contribution in [0, 0.1) is 17.8 Å². The molecule has 2 rings (SSSR count). The third kappa shape index (κ3) is 3.82. The van der Waals surface area contributed by atoms with E-state index >= 15 is 0 Å². The number of hydrogen-bond donors (Lipinski definition) is 1. The smallest absolute Gasteiger partial charge is 0.0345 e. The van der Waals surface area contributed by atoms with Crippen molar-refractivity contribution in [2.75, 3.05) is 0 Å². The van der Waals surface area contributed by atoms with Crippen molar-refractivity contribution >= 4 is 0 Å². The molecule has 1 aliphatic rings. The molecule has 0 amide bonds. The van der Waals surface area contributed by atoms with Crippen LogP contribution in [0.25, 0.3) is 0 Å². The molecule has 1 aromatic rings. The van der Waals surface area contributed by atoms with Gasteiger partial charge in [0.1, 0.15) is 0 Å². The highest BCUT2D eigenvalue weighted by atomic mass is 15.0. The Morgan fingerprint density at radius 1 is 1.05 bits per heavy atom. The van der Waals surface area contributed by atoms with Crippen molar-refractivity contribution in [2.45, 2.75) is 59.0 Å². The highest BCUT2D eigenvalue weighted by Crippen LogP contribution is 2.31. The van der Waals surface area contributed by atoms with Gasteiger partial charge in [0.2, 0.25) is 0 Å². The van der Waals surface area contributed by atoms with Crippen LogP contribution < -0.4 is 5.32 Å². The lowest BCUT2D eigenvalue weighted by Crippen LogP contribution is -2.42. The molecule has 0 aliphatic heterocycles. The van der Waals surface area contributed by atoms with Crippen molar-refractivity contribution in [3.63, 3.8) is 0 Å². The van der Waals surface area contributed by atoms with E-state index in [-0.39, 0.29) is 0 Å². The molecule has 19 heavy (non-hydrogen) atoms. The second kappa shape index (κ2) is 6.56. The van der Waals surface area contributed by atoms with Crippen molar-refractivity contribution in [3.05, 3.63) is 35.9 Å². The molecule has 1 aromatic carbocycles. The number of rotatable bonds is 4. The minimum absolute atomic E-state index is 0.485. The van der Waals surface area contributed by atoms with Crippen molar-refractivity contribution in [2.24, 2.45) is 17.8 Å². The normalized spacial score (nSPS) is 29.4. The SMILES string of the molecule is CC1CCC(C)C(NC(c2ccccc2)C(C)C)C1. The molecule has 0 saturated heterocycles. The van der Waals surface area contributed by atoms with Crippen LogP contribution in [-0.4, -0.2) is 6.04 Å². The predicted molar refractivity (Wildman–Crippen MR) is 83.1 cm³/mol. The van der Waals surface area contributed by atoms with Gasteiger partial charge in [-0.05, 0) is 36.2 Å². The van der Waals surface area contributed by atoms with Gasteiger partial charge in [0.05, 0.1) is 0 Å². The molecule has 0 aromatic heterocycles. The van der Waals surface area contributed by atoms with Gasteiger partial charge in [0.15, 0.2) is 0 Å². The number of nitrogens with one attached hydrogen (secondary N) is 1. The monoisotopic (exact) mass is 259 g/mol. The van der Waals surface area contributed by atoms with Gasteiger partial charge in [-0.1, -0.05) is 64.4 Å². The van der Waals surface area contributed by atoms with Gasteiger partial charge >= 0.3 is 0 Å². The Bertz CT molecular complexity index is 371. The summed E-state index contributed by atoms with van der Waals surface area (Å²) in [6.45, 7) is 9.45. The van der Waals surface area contributed by atoms with Crippen molar-refractivity contribution in [1.29, 1.82) is 0 Å². The topological polar surface area (TPSA) is 12.0 Å². The Labute approximate surface area is 118 Å². The zero-order valence-electron chi connectivity index (χ0n) is 12.9. The second-order valence-corrected chi connectivity index (χ2v) is 6.80. The average Bonchev–Trinajstić information content (AvgIpc) is 2.40. The van der Waals surface area contributed by atoms with E-state index in [0.29, 0.717) is 18.0 Å². The van der Waals surface area contributed by atoms with Gasteiger partial charge < -0.3 is 5.32 Å². The Balaban J connectivity index is 2.08. The summed E-state index contributed by atoms with van der Waals surface area (Å²) in [5.74, 6) is 2.31. The minimum Gasteiger partial charge on any atom is -0.307 e. The molecule has 1 fully saturated rings. The van der Waals surface area contributed by atoms with E-state index in [9.17, 15) is 0 Å². The van der Waals surface area contributed by atoms with Gasteiger partial charge in [-0.3, -0.25) is 0 Å². The Morgan fingerprint density at radius 2 is 1.74 bits per heavy atom. The van der Waals surface area contributed by atoms with E-state index in [2.05, 4.69) is 63.3 Å². The highest BCUT2D eigenvalue weighted by Gasteiger charge is 2.28. The molecule has 0 heterocycles. The summed E-state index contributed by atoms with van der Waals surface area (Å²) >= 11 is 0. The number of benzene rings is 1. The summed E-state index contributed by atoms with van der Waals surface area (Å²) in [6, 6.07) is 12.1. The van der Waals surface area contributed by atoms with Crippen LogP contribution in [0.15, 0.2) is 30.3 Å². The highest BCUT2D eigenvalue weighted by molar-refractivity contribution is 5.19. The maximum Gasteiger partial charge on any atom is 0.0345 e. The standard InChI is InChI=1S/C18H29N/c1-13(2)18(16-8-6-5-7-9-16)19-17-12-14(3)10-11-15(17)4/h5-9,13-15,17-19H,10-12H2,1-4H3. The summed E-state index contributed by atoms with van der Waals surface area (Å²) in [4.78, 5) is 0. The third-order valence-electron chi connectivity index (χ3n) is 4.68. The van der Waals surface area contributed by atoms with Gasteiger partial charge in [-0.25, -0.2) is 0 Å². The molecule has 1 nitrogen and oxygen atoms in total. The zero-order valence-corrected chi connectivity index (χ0v) is 12.9. The van der Waals surface area contributed by atoms with E-state index < -0.39 is 0 Å². The van der Waals surface area contributed by atoms with Crippen LogP contribution in [0.2, 0.25) is 0 Å². The van der Waals surface area contributed by atoms with E-state index in [4.69, 9.17) is 0 Å². The van der Waals surface area contributed by atoms with Crippen molar-refractivity contribution in [1.82, 2.24) is 5.32 Å². The van der Waals surface area contributed by atoms with Crippen molar-refractivity contribution in [3.8, 4) is 0 Å². The summed E-state index contributed by atoms with van der Waals surface area (Å²) in [6.07, 6.45) is 4.10. The van der Waals surface area contributed by atoms with E-state index in [0.717, 1.165) is 11.8 Å². The average molecular weight is 259 g/mol. The van der Waals surface area contributed by atoms with Gasteiger partial charge in [-0.15, -0.1) is 0 Å². The first-order chi connectivity index (χ1) is 9.08. The van der Waals surface area contributed by atoms with Gasteiger partial charge in [0, 0.05) is 12.1 Å². The fraction of sp³-hybridized carbons (Fsp3) is 0.667. The molecule has 1 heteroatoms. The van der Waals surface area contributed by atoms with Crippen LogP contribution in [0.3, 0.4) is 0 Å². The Morgan fingerprint density at radius 3 is 2.37 bits per heavy atom. The quantitative estimate of drug-likeness (QED) is 0.819. The fourth-order valence-corrected chi connectivity index (χ4v) is 3.33. The molecule has 0 spiro atoms. The molecule has 4 atom stereocenters. The summed E-state index contributed by atoms with van der Waals surface area (Å²) in [5.41, 5.74) is 1.43. The lowest BCUT2D eigenvalue weighted by molar-refractivity contribution is 0.199. The molecule has 4 unspecified atom stereocenters. The molecule has 0 bridgehead atoms. The summed E-state index contributed by atoms with van der Waals surface area (Å²) < 4.78 is 0. The first-order valence-electron chi connectivity index (χ1n) is 7.89. The third-order valence-corrected chi connectivity index (χ3v) is 4.68. The molecule has 1 saturated carbocycles. The Hall–Kier alpha value is -0.820. The van der Waals surface area contributed by atoms with E-state index in [1.54, 1.807) is 0 Å². The maximum atomic E-state index is 3.95. The van der Waals surface area contributed by atoms with E-state index in [1.807, 2.05) is 0 Å². The molecule has 0 radical (unpaired) electrons. The maximum absolute atomic E-state index is 3.95. The van der Waals surface area contributed by atoms with Crippen LogP contribution >= 0.6 is 0 Å². The van der Waals surface area contributed by atoms with Crippen LogP contribution in [0.5, 0.6) is 0 Å². The van der Waals surface area contributed by atoms with E-state index in [1.165, 1.54) is 24.8 Å². The summed E-state index contributed by atoms with van der Waals surface area (Å²) in [7, 11) is 0. The van der Waals surface area contributed by atoms with Gasteiger partial charge in [-0.2, -0.15) is 0 Å². The number of hydrogen-bond acceptors (Lipinski definition) is 1. The molecule has 1 aliphatic carbocycles. The lowest BCUT2D eigenvalue weighted by atomic mass is 9.79. The van der Waals surface area contributed by atoms with Gasteiger partial charge in [0.25, 0.3) is 0 Å². The largest absolute Gasteiger partial charge is 0.307 e. The molecular formula is C18H29N. The lowest BCUT2D eigenvalue weighted by Gasteiger charge is -2.37. The van der Waals surface area contributed by atoms with Crippen LogP contribution in [0.4, 0.5) is 0 Å². The fourth-order valence-electron chi connectivity index (χ4n) is 3.33. The first-order valence-corrected chi connectivity index (χ1v) is 7.89. The molecule has 106 valence electrons. The Kier molecular flexibility index (Phi) is 5.04. The van der Waals surface area contributed by atoms with Crippen molar-refractivity contribution < 1.29 is 0 Å². The van der Waals surface area contributed by atoms with Crippen LogP contribution in [0.1, 0.15) is 58.6 Å². The molecule has 1 N–H and O–H groups in total. The second-order valence-electron chi connectivity index (χ2n) is 6.80.